The summed E-state index contributed by atoms with van der Waals surface area (Å²) in [6.07, 6.45) is 0. The van der Waals surface area contributed by atoms with Crippen molar-refractivity contribution in [2.24, 2.45) is 0 Å². The Morgan fingerprint density at radius 2 is 1.72 bits per heavy atom. The number of nitrogens with one attached hydrogen (secondary N) is 1. The molecule has 0 saturated carbocycles. The molecule has 0 aliphatic carbocycles. The average molecular weight is 414 g/mol. The summed E-state index contributed by atoms with van der Waals surface area (Å²) < 4.78 is 24.5. The van der Waals surface area contributed by atoms with Crippen LogP contribution in [-0.4, -0.2) is 13.0 Å². The van der Waals surface area contributed by atoms with Crippen molar-refractivity contribution in [2.45, 2.75) is 20.1 Å². The third-order valence-electron chi connectivity index (χ3n) is 4.41. The van der Waals surface area contributed by atoms with Crippen molar-refractivity contribution in [3.63, 3.8) is 0 Å². The number of benzene rings is 3. The van der Waals surface area contributed by atoms with E-state index in [-0.39, 0.29) is 11.7 Å². The molecule has 0 unspecified atom stereocenters. The van der Waals surface area contributed by atoms with Crippen LogP contribution in [0.2, 0.25) is 5.02 Å². The van der Waals surface area contributed by atoms with E-state index in [1.165, 1.54) is 13.2 Å². The molecule has 0 bridgehead atoms. The van der Waals surface area contributed by atoms with Crippen LogP contribution < -0.4 is 14.8 Å². The third-order valence-corrected chi connectivity index (χ3v) is 4.66. The van der Waals surface area contributed by atoms with Gasteiger partial charge in [0.15, 0.2) is 11.5 Å². The Labute approximate surface area is 174 Å². The van der Waals surface area contributed by atoms with Gasteiger partial charge in [0, 0.05) is 17.1 Å². The predicted octanol–water partition coefficient (Wildman–Crippen LogP) is 5.31. The smallest absolute Gasteiger partial charge is 0.251 e. The van der Waals surface area contributed by atoms with Gasteiger partial charge in [-0.2, -0.15) is 0 Å². The maximum absolute atomic E-state index is 13.4. The molecule has 3 rings (SSSR count). The van der Waals surface area contributed by atoms with Crippen LogP contribution in [0.25, 0.3) is 0 Å². The fourth-order valence-electron chi connectivity index (χ4n) is 2.77. The van der Waals surface area contributed by atoms with Gasteiger partial charge in [0.1, 0.15) is 12.4 Å². The van der Waals surface area contributed by atoms with Crippen molar-refractivity contribution in [3.8, 4) is 11.5 Å². The van der Waals surface area contributed by atoms with Gasteiger partial charge in [-0.15, -0.1) is 0 Å². The van der Waals surface area contributed by atoms with E-state index in [4.69, 9.17) is 21.1 Å². The standard InChI is InChI=1S/C23H21ClFNO3/c1-15-11-17(5-9-20(15)25)13-26-23(27)18-6-10-21(22(12-18)28-2)29-14-16-3-7-19(24)8-4-16/h3-12H,13-14H2,1-2H3,(H,26,27). The van der Waals surface area contributed by atoms with Gasteiger partial charge in [0.05, 0.1) is 7.11 Å². The van der Waals surface area contributed by atoms with Gasteiger partial charge in [-0.25, -0.2) is 4.39 Å². The molecule has 6 heteroatoms. The van der Waals surface area contributed by atoms with Crippen LogP contribution in [0.1, 0.15) is 27.0 Å². The second-order valence-corrected chi connectivity index (χ2v) is 6.98. The number of rotatable bonds is 7. The Balaban J connectivity index is 1.64. The Morgan fingerprint density at radius 1 is 1.00 bits per heavy atom. The Hall–Kier alpha value is -3.05. The molecule has 0 aromatic heterocycles. The first-order valence-electron chi connectivity index (χ1n) is 9.05. The van der Waals surface area contributed by atoms with E-state index in [0.717, 1.165) is 11.1 Å². The first-order valence-corrected chi connectivity index (χ1v) is 9.42. The second-order valence-electron chi connectivity index (χ2n) is 6.55. The molecule has 0 spiro atoms. The lowest BCUT2D eigenvalue weighted by Crippen LogP contribution is -2.22. The van der Waals surface area contributed by atoms with Gasteiger partial charge in [-0.1, -0.05) is 35.9 Å². The highest BCUT2D eigenvalue weighted by Gasteiger charge is 2.12. The number of carbonyl (C=O) groups is 1. The van der Waals surface area contributed by atoms with Crippen molar-refractivity contribution in [1.82, 2.24) is 5.32 Å². The molecule has 0 radical (unpaired) electrons. The molecule has 0 aliphatic heterocycles. The largest absolute Gasteiger partial charge is 0.493 e. The topological polar surface area (TPSA) is 47.6 Å². The normalized spacial score (nSPS) is 10.5. The molecule has 0 saturated heterocycles. The van der Waals surface area contributed by atoms with E-state index in [9.17, 15) is 9.18 Å². The number of halogens is 2. The van der Waals surface area contributed by atoms with Crippen molar-refractivity contribution >= 4 is 17.5 Å². The van der Waals surface area contributed by atoms with Gasteiger partial charge in [-0.05, 0) is 60.0 Å². The summed E-state index contributed by atoms with van der Waals surface area (Å²) in [6.45, 7) is 2.34. The summed E-state index contributed by atoms with van der Waals surface area (Å²) in [5.41, 5.74) is 2.78. The first kappa shape index (κ1) is 20.7. The Morgan fingerprint density at radius 3 is 2.41 bits per heavy atom. The molecule has 0 aliphatic rings. The maximum Gasteiger partial charge on any atom is 0.251 e. The SMILES string of the molecule is COc1cc(C(=O)NCc2ccc(F)c(C)c2)ccc1OCc1ccc(Cl)cc1. The molecule has 0 atom stereocenters. The minimum absolute atomic E-state index is 0.255. The highest BCUT2D eigenvalue weighted by molar-refractivity contribution is 6.30. The number of methoxy groups -OCH3 is 1. The fraction of sp³-hybridized carbons (Fsp3) is 0.174. The molecule has 150 valence electrons. The number of ether oxygens (including phenoxy) is 2. The van der Waals surface area contributed by atoms with Crippen LogP contribution in [0.3, 0.4) is 0 Å². The lowest BCUT2D eigenvalue weighted by Gasteiger charge is -2.13. The van der Waals surface area contributed by atoms with Gasteiger partial charge in [0.2, 0.25) is 0 Å². The highest BCUT2D eigenvalue weighted by atomic mass is 35.5. The van der Waals surface area contributed by atoms with Gasteiger partial charge in [-0.3, -0.25) is 4.79 Å². The first-order chi connectivity index (χ1) is 14.0. The van der Waals surface area contributed by atoms with Crippen molar-refractivity contribution in [1.29, 1.82) is 0 Å². The van der Waals surface area contributed by atoms with E-state index in [0.29, 0.717) is 40.8 Å². The Kier molecular flexibility index (Phi) is 6.73. The zero-order valence-electron chi connectivity index (χ0n) is 16.2. The number of aryl methyl sites for hydroxylation is 1. The zero-order valence-corrected chi connectivity index (χ0v) is 16.9. The van der Waals surface area contributed by atoms with E-state index >= 15 is 0 Å². The third kappa shape index (κ3) is 5.48. The van der Waals surface area contributed by atoms with Gasteiger partial charge < -0.3 is 14.8 Å². The van der Waals surface area contributed by atoms with Crippen LogP contribution >= 0.6 is 11.6 Å². The van der Waals surface area contributed by atoms with E-state index in [2.05, 4.69) is 5.32 Å². The van der Waals surface area contributed by atoms with Crippen LogP contribution in [0, 0.1) is 12.7 Å². The van der Waals surface area contributed by atoms with Gasteiger partial charge >= 0.3 is 0 Å². The van der Waals surface area contributed by atoms with Crippen LogP contribution in [0.4, 0.5) is 4.39 Å². The van der Waals surface area contributed by atoms with E-state index in [1.54, 1.807) is 49.4 Å². The summed E-state index contributed by atoms with van der Waals surface area (Å²) >= 11 is 5.89. The van der Waals surface area contributed by atoms with Crippen molar-refractivity contribution in [3.05, 3.63) is 93.8 Å². The van der Waals surface area contributed by atoms with Crippen LogP contribution in [0.15, 0.2) is 60.7 Å². The summed E-state index contributed by atoms with van der Waals surface area (Å²) in [5.74, 6) is 0.478. The highest BCUT2D eigenvalue weighted by Crippen LogP contribution is 2.29. The Bertz CT molecular complexity index is 1010. The quantitative estimate of drug-likeness (QED) is 0.571. The molecule has 0 fully saturated rings. The van der Waals surface area contributed by atoms with Gasteiger partial charge in [0.25, 0.3) is 5.91 Å². The minimum Gasteiger partial charge on any atom is -0.493 e. The molecule has 3 aromatic rings. The molecule has 3 aromatic carbocycles. The zero-order chi connectivity index (χ0) is 20.8. The molecule has 0 heterocycles. The monoisotopic (exact) mass is 413 g/mol. The second kappa shape index (κ2) is 9.43. The molecular formula is C23H21ClFNO3. The molecule has 1 N–H and O–H groups in total. The fourth-order valence-corrected chi connectivity index (χ4v) is 2.90. The summed E-state index contributed by atoms with van der Waals surface area (Å²) in [7, 11) is 1.52. The summed E-state index contributed by atoms with van der Waals surface area (Å²) in [4.78, 5) is 12.5. The van der Waals surface area contributed by atoms with E-state index in [1.807, 2.05) is 12.1 Å². The van der Waals surface area contributed by atoms with Crippen LogP contribution in [0.5, 0.6) is 11.5 Å². The van der Waals surface area contributed by atoms with Crippen molar-refractivity contribution in [2.75, 3.05) is 7.11 Å². The van der Waals surface area contributed by atoms with E-state index < -0.39 is 0 Å². The number of carbonyl (C=O) groups excluding carboxylic acids is 1. The number of amides is 1. The molecule has 1 amide bonds. The molecular weight excluding hydrogens is 393 g/mol. The maximum atomic E-state index is 13.4. The number of hydrogen-bond acceptors (Lipinski definition) is 3. The summed E-state index contributed by atoms with van der Waals surface area (Å²) in [5, 5.41) is 3.49. The predicted molar refractivity (Wildman–Crippen MR) is 111 cm³/mol. The summed E-state index contributed by atoms with van der Waals surface area (Å²) in [6, 6.07) is 17.1. The van der Waals surface area contributed by atoms with Crippen molar-refractivity contribution < 1.29 is 18.7 Å². The minimum atomic E-state index is -0.265. The van der Waals surface area contributed by atoms with Crippen LogP contribution in [-0.2, 0) is 13.2 Å². The number of hydrogen-bond donors (Lipinski definition) is 1. The molecule has 29 heavy (non-hydrogen) atoms. The molecule has 4 nitrogen and oxygen atoms in total. The lowest BCUT2D eigenvalue weighted by atomic mass is 10.1. The lowest BCUT2D eigenvalue weighted by molar-refractivity contribution is 0.0950. The average Bonchev–Trinajstić information content (AvgIpc) is 2.73.